The Balaban J connectivity index is 0.00000361. The van der Waals surface area contributed by atoms with Gasteiger partial charge in [0.25, 0.3) is 5.91 Å². The molecule has 2 N–H and O–H groups in total. The Hall–Kier alpha value is -2.69. The summed E-state index contributed by atoms with van der Waals surface area (Å²) in [7, 11) is 1.66. The molecule has 0 fully saturated rings. The molecule has 192 valence electrons. The molecule has 8 heteroatoms. The van der Waals surface area contributed by atoms with Crippen LogP contribution in [0.25, 0.3) is 11.1 Å². The molecule has 0 spiro atoms. The zero-order chi connectivity index (χ0) is 25.9. The van der Waals surface area contributed by atoms with Gasteiger partial charge in [0.1, 0.15) is 11.8 Å². The van der Waals surface area contributed by atoms with Crippen LogP contribution in [0.15, 0.2) is 66.7 Å². The van der Waals surface area contributed by atoms with E-state index in [2.05, 4.69) is 5.32 Å². The van der Waals surface area contributed by atoms with E-state index in [9.17, 15) is 14.7 Å². The molecule has 1 atom stereocenters. The van der Waals surface area contributed by atoms with Gasteiger partial charge in [-0.1, -0.05) is 48.5 Å². The van der Waals surface area contributed by atoms with Crippen LogP contribution >= 0.6 is 11.8 Å². The van der Waals surface area contributed by atoms with Crippen LogP contribution in [0.5, 0.6) is 5.75 Å². The quantitative estimate of drug-likeness (QED) is 0.269. The fourth-order valence-corrected chi connectivity index (χ4v) is 4.46. The number of amides is 1. The van der Waals surface area contributed by atoms with Crippen LogP contribution < -0.4 is 28.9 Å². The molecule has 0 aromatic heterocycles. The molecular weight excluding hydrogens is 481 g/mol. The number of rotatable bonds is 13. The average molecular weight is 516 g/mol. The second-order valence-corrected chi connectivity index (χ2v) is 9.44. The number of benzene rings is 3. The molecule has 0 radical (unpaired) electrons. The van der Waals surface area contributed by atoms with Crippen LogP contribution in [0.3, 0.4) is 0 Å². The number of nitrogens with one attached hydrogen (secondary N) is 1. The van der Waals surface area contributed by atoms with Gasteiger partial charge in [-0.05, 0) is 77.8 Å². The van der Waals surface area contributed by atoms with Crippen LogP contribution in [-0.2, 0) is 22.6 Å². The summed E-state index contributed by atoms with van der Waals surface area (Å²) in [6, 6.07) is 20.3. The zero-order valence-corrected chi connectivity index (χ0v) is 22.8. The van der Waals surface area contributed by atoms with E-state index in [1.165, 1.54) is 0 Å². The molecule has 0 aliphatic rings. The molecule has 3 rings (SSSR count). The second kappa shape index (κ2) is 15.5. The molecule has 0 bridgehead atoms. The molecule has 0 saturated carbocycles. The molecular formula is C29H34LiNO5S. The molecule has 0 aliphatic carbocycles. The second-order valence-electron chi connectivity index (χ2n) is 8.46. The third-order valence-corrected chi connectivity index (χ3v) is 6.60. The summed E-state index contributed by atoms with van der Waals surface area (Å²) in [5, 5.41) is 12.3. The van der Waals surface area contributed by atoms with Crippen molar-refractivity contribution in [2.75, 3.05) is 25.7 Å². The van der Waals surface area contributed by atoms with Crippen molar-refractivity contribution in [2.24, 2.45) is 0 Å². The molecule has 1 amide bonds. The largest absolute Gasteiger partial charge is 1.00 e. The predicted molar refractivity (Wildman–Crippen MR) is 146 cm³/mol. The van der Waals surface area contributed by atoms with Crippen LogP contribution in [0.1, 0.15) is 34.9 Å². The molecule has 0 saturated heterocycles. The summed E-state index contributed by atoms with van der Waals surface area (Å²) in [4.78, 5) is 24.9. The number of methoxy groups -OCH3 is 1. The van der Waals surface area contributed by atoms with Crippen LogP contribution in [0, 0.1) is 6.92 Å². The Morgan fingerprint density at radius 1 is 1.05 bits per heavy atom. The van der Waals surface area contributed by atoms with Gasteiger partial charge in [-0.3, -0.25) is 4.79 Å². The van der Waals surface area contributed by atoms with E-state index in [4.69, 9.17) is 9.47 Å². The number of aliphatic carboxylic acids is 1. The van der Waals surface area contributed by atoms with E-state index in [0.717, 1.165) is 40.0 Å². The maximum atomic E-state index is 13.2. The first-order valence-electron chi connectivity index (χ1n) is 11.9. The minimum Gasteiger partial charge on any atom is -1.00 e. The monoisotopic (exact) mass is 515 g/mol. The number of hydrogen-bond donors (Lipinski definition) is 2. The van der Waals surface area contributed by atoms with Crippen molar-refractivity contribution in [3.8, 4) is 16.9 Å². The number of carboxylic acid groups (broad SMARTS) is 1. The summed E-state index contributed by atoms with van der Waals surface area (Å²) >= 11 is 1.55. The molecule has 0 aliphatic heterocycles. The molecule has 6 nitrogen and oxygen atoms in total. The summed E-state index contributed by atoms with van der Waals surface area (Å²) < 4.78 is 11.4. The van der Waals surface area contributed by atoms with Crippen molar-refractivity contribution in [1.29, 1.82) is 0 Å². The first-order valence-corrected chi connectivity index (χ1v) is 13.2. The first kappa shape index (κ1) is 30.5. The van der Waals surface area contributed by atoms with Gasteiger partial charge in [0.15, 0.2) is 0 Å². The Morgan fingerprint density at radius 2 is 1.78 bits per heavy atom. The number of ether oxygens (including phenoxy) is 2. The van der Waals surface area contributed by atoms with Gasteiger partial charge in [-0.2, -0.15) is 11.8 Å². The van der Waals surface area contributed by atoms with Gasteiger partial charge in [0.2, 0.25) is 0 Å². The fraction of sp³-hybridized carbons (Fsp3) is 0.310. The Morgan fingerprint density at radius 3 is 2.49 bits per heavy atom. The smallest absolute Gasteiger partial charge is 1.00 e. The van der Waals surface area contributed by atoms with Crippen LogP contribution in [0.2, 0.25) is 0 Å². The SMILES string of the molecule is COc1ccccc1CCOCc1ccc(C(=O)N[C@@H](CCSC)C(=O)O)c(-c2ccccc2C)c1.[H-].[Li+]. The fourth-order valence-electron chi connectivity index (χ4n) is 3.99. The summed E-state index contributed by atoms with van der Waals surface area (Å²) in [6.07, 6.45) is 3.00. The number of hydrogen-bond acceptors (Lipinski definition) is 5. The maximum absolute atomic E-state index is 13.2. The van der Waals surface area contributed by atoms with E-state index in [1.807, 2.05) is 73.8 Å². The Bertz CT molecular complexity index is 1190. The van der Waals surface area contributed by atoms with Gasteiger partial charge >= 0.3 is 24.8 Å². The normalized spacial score (nSPS) is 11.3. The Kier molecular flexibility index (Phi) is 12.8. The molecule has 0 heterocycles. The van der Waals surface area contributed by atoms with Crippen molar-refractivity contribution in [3.63, 3.8) is 0 Å². The van der Waals surface area contributed by atoms with Gasteiger partial charge in [0, 0.05) is 5.56 Å². The number of aryl methyl sites for hydroxylation is 1. The summed E-state index contributed by atoms with van der Waals surface area (Å²) in [6.45, 7) is 2.91. The van der Waals surface area contributed by atoms with Crippen molar-refractivity contribution in [2.45, 2.75) is 32.4 Å². The van der Waals surface area contributed by atoms with E-state index in [0.29, 0.717) is 31.0 Å². The van der Waals surface area contributed by atoms with E-state index >= 15 is 0 Å². The third-order valence-electron chi connectivity index (χ3n) is 5.95. The Labute approximate surface area is 236 Å². The number of para-hydroxylation sites is 1. The maximum Gasteiger partial charge on any atom is 1.00 e. The zero-order valence-electron chi connectivity index (χ0n) is 23.0. The topological polar surface area (TPSA) is 84.9 Å². The number of thioether (sulfide) groups is 1. The van der Waals surface area contributed by atoms with E-state index in [-0.39, 0.29) is 20.3 Å². The van der Waals surface area contributed by atoms with Crippen molar-refractivity contribution in [1.82, 2.24) is 5.32 Å². The number of carboxylic acids is 1. The van der Waals surface area contributed by atoms with E-state index in [1.54, 1.807) is 24.9 Å². The van der Waals surface area contributed by atoms with Gasteiger partial charge < -0.3 is 21.3 Å². The average Bonchev–Trinajstić information content (AvgIpc) is 2.89. The van der Waals surface area contributed by atoms with Crippen LogP contribution in [0.4, 0.5) is 0 Å². The first-order chi connectivity index (χ1) is 17.4. The minimum absolute atomic E-state index is 0. The number of carbonyl (C=O) groups is 2. The van der Waals surface area contributed by atoms with Gasteiger partial charge in [-0.15, -0.1) is 0 Å². The van der Waals surface area contributed by atoms with Crippen molar-refractivity contribution in [3.05, 3.63) is 89.0 Å². The third kappa shape index (κ3) is 8.69. The molecule has 3 aromatic rings. The van der Waals surface area contributed by atoms with E-state index < -0.39 is 17.9 Å². The standard InChI is InChI=1S/C29H33NO5S.Li.H/c1-20-8-4-6-10-23(20)25-18-21(19-35-16-14-22-9-5-7-11-27(22)34-2)12-13-24(25)28(31)30-26(29(32)33)15-17-36-3;;/h4-13,18,26H,14-17,19H2,1-3H3,(H,30,31)(H,32,33);;/q;+1;-1/t26-;;/m0../s1. The summed E-state index contributed by atoms with van der Waals surface area (Å²) in [5.74, 6) is 0.0586. The predicted octanol–water partition coefficient (Wildman–Crippen LogP) is 2.48. The molecule has 3 aromatic carbocycles. The van der Waals surface area contributed by atoms with Gasteiger partial charge in [-0.25, -0.2) is 4.79 Å². The molecule has 0 unspecified atom stereocenters. The van der Waals surface area contributed by atoms with Crippen LogP contribution in [-0.4, -0.2) is 48.8 Å². The summed E-state index contributed by atoms with van der Waals surface area (Å²) in [5.41, 5.74) is 5.17. The molecule has 37 heavy (non-hydrogen) atoms. The number of carbonyl (C=O) groups excluding carboxylic acids is 1. The minimum atomic E-state index is -1.03. The van der Waals surface area contributed by atoms with Crippen molar-refractivity contribution >= 4 is 23.6 Å². The van der Waals surface area contributed by atoms with Gasteiger partial charge in [0.05, 0.1) is 20.3 Å². The van der Waals surface area contributed by atoms with Crippen molar-refractivity contribution < 1.29 is 44.5 Å².